The Morgan fingerprint density at radius 3 is 2.46 bits per heavy atom. The third kappa shape index (κ3) is 9.23. The van der Waals surface area contributed by atoms with Crippen LogP contribution < -0.4 is 5.32 Å². The number of nitrogens with zero attached hydrogens (tertiary/aromatic N) is 1. The van der Waals surface area contributed by atoms with E-state index in [-0.39, 0.29) is 17.7 Å². The van der Waals surface area contributed by atoms with E-state index in [0.717, 1.165) is 36.2 Å². The van der Waals surface area contributed by atoms with E-state index < -0.39 is 0 Å². The van der Waals surface area contributed by atoms with Crippen LogP contribution in [0.2, 0.25) is 0 Å². The minimum absolute atomic E-state index is 0.0393. The molecule has 1 heterocycles. The van der Waals surface area contributed by atoms with Crippen molar-refractivity contribution in [2.45, 2.75) is 78.2 Å². The number of hydrogen-bond donors (Lipinski definition) is 1. The maximum atomic E-state index is 13.5. The van der Waals surface area contributed by atoms with Crippen LogP contribution in [0, 0.1) is 0 Å². The lowest BCUT2D eigenvalue weighted by Crippen LogP contribution is -2.07. The number of aryl methyl sites for hydroxylation is 2. The summed E-state index contributed by atoms with van der Waals surface area (Å²) in [5.74, 6) is 0.0948. The van der Waals surface area contributed by atoms with E-state index in [1.165, 1.54) is 24.8 Å². The van der Waals surface area contributed by atoms with Gasteiger partial charge in [0.2, 0.25) is 0 Å². The van der Waals surface area contributed by atoms with Crippen LogP contribution in [0.25, 0.3) is 0 Å². The third-order valence-corrected chi connectivity index (χ3v) is 6.57. The summed E-state index contributed by atoms with van der Waals surface area (Å²) in [7, 11) is 0. The molecule has 0 bridgehead atoms. The number of carbonyl (C=O) groups excluding carboxylic acids is 2. The van der Waals surface area contributed by atoms with Gasteiger partial charge in [-0.15, -0.1) is 0 Å². The lowest BCUT2D eigenvalue weighted by molar-refractivity contribution is -0.143. The first kappa shape index (κ1) is 28.2. The van der Waals surface area contributed by atoms with Crippen molar-refractivity contribution < 1.29 is 14.3 Å². The number of hydrogen-bond acceptors (Lipinski definition) is 4. The molecule has 0 spiro atoms. The van der Waals surface area contributed by atoms with Crippen LogP contribution >= 0.6 is 0 Å². The fraction of sp³-hybridized carbons (Fsp3) is 0.438. The summed E-state index contributed by atoms with van der Waals surface area (Å²) in [5, 5.41) is 3.49. The van der Waals surface area contributed by atoms with Crippen molar-refractivity contribution in [2.24, 2.45) is 0 Å². The number of carbonyl (C=O) groups is 2. The topological polar surface area (TPSA) is 60.3 Å². The molecule has 2 aromatic carbocycles. The molecule has 1 aromatic heterocycles. The maximum absolute atomic E-state index is 13.5. The first-order chi connectivity index (χ1) is 18.0. The normalized spacial score (nSPS) is 11.0. The van der Waals surface area contributed by atoms with E-state index >= 15 is 0 Å². The predicted molar refractivity (Wildman–Crippen MR) is 151 cm³/mol. The smallest absolute Gasteiger partial charge is 0.305 e. The molecule has 0 atom stereocenters. The highest BCUT2D eigenvalue weighted by atomic mass is 16.5. The summed E-state index contributed by atoms with van der Waals surface area (Å²) in [6, 6.07) is 18.5. The third-order valence-electron chi connectivity index (χ3n) is 6.57. The zero-order chi connectivity index (χ0) is 26.5. The van der Waals surface area contributed by atoms with Gasteiger partial charge in [-0.3, -0.25) is 9.59 Å². The molecule has 0 saturated carbocycles. The molecule has 3 rings (SSSR count). The van der Waals surface area contributed by atoms with Gasteiger partial charge < -0.3 is 14.6 Å². The lowest BCUT2D eigenvalue weighted by atomic mass is 9.96. The molecule has 0 aliphatic rings. The summed E-state index contributed by atoms with van der Waals surface area (Å²) >= 11 is 0. The van der Waals surface area contributed by atoms with Gasteiger partial charge in [-0.25, -0.2) is 0 Å². The van der Waals surface area contributed by atoms with Gasteiger partial charge in [-0.05, 0) is 61.8 Å². The van der Waals surface area contributed by atoms with Gasteiger partial charge in [0, 0.05) is 48.7 Å². The van der Waals surface area contributed by atoms with Crippen molar-refractivity contribution in [3.8, 4) is 0 Å². The Morgan fingerprint density at radius 2 is 1.70 bits per heavy atom. The van der Waals surface area contributed by atoms with Crippen LogP contribution in [0.4, 0.5) is 5.69 Å². The highest BCUT2D eigenvalue weighted by Gasteiger charge is 2.19. The lowest BCUT2D eigenvalue weighted by Gasteiger charge is -2.10. The maximum Gasteiger partial charge on any atom is 0.305 e. The van der Waals surface area contributed by atoms with Crippen LogP contribution in [0.3, 0.4) is 0 Å². The second-order valence-corrected chi connectivity index (χ2v) is 9.91. The Hall–Kier alpha value is -3.34. The zero-order valence-corrected chi connectivity index (χ0v) is 22.7. The molecule has 0 aliphatic carbocycles. The van der Waals surface area contributed by atoms with Gasteiger partial charge in [0.05, 0.1) is 6.61 Å². The van der Waals surface area contributed by atoms with Crippen molar-refractivity contribution in [3.63, 3.8) is 0 Å². The van der Waals surface area contributed by atoms with Gasteiger partial charge in [-0.2, -0.15) is 0 Å². The Balaban J connectivity index is 1.50. The molecular weight excluding hydrogens is 460 g/mol. The van der Waals surface area contributed by atoms with Crippen molar-refractivity contribution in [3.05, 3.63) is 89.2 Å². The number of anilines is 1. The minimum atomic E-state index is -0.175. The van der Waals surface area contributed by atoms with Crippen molar-refractivity contribution in [2.75, 3.05) is 18.5 Å². The molecule has 0 saturated heterocycles. The van der Waals surface area contributed by atoms with Crippen molar-refractivity contribution >= 4 is 17.4 Å². The molecule has 0 radical (unpaired) electrons. The summed E-state index contributed by atoms with van der Waals surface area (Å²) in [6.45, 7) is 8.01. The molecule has 37 heavy (non-hydrogen) atoms. The molecule has 1 N–H and O–H groups in total. The van der Waals surface area contributed by atoms with Crippen LogP contribution in [0.5, 0.6) is 0 Å². The Morgan fingerprint density at radius 1 is 0.919 bits per heavy atom. The molecular formula is C32H42N2O3. The molecule has 0 fully saturated rings. The van der Waals surface area contributed by atoms with E-state index in [9.17, 15) is 9.59 Å². The largest absolute Gasteiger partial charge is 0.466 e. The Bertz CT molecular complexity index is 1120. The Kier molecular flexibility index (Phi) is 11.5. The predicted octanol–water partition coefficient (Wildman–Crippen LogP) is 7.40. The number of ketones is 1. The minimum Gasteiger partial charge on any atom is -0.466 e. The summed E-state index contributed by atoms with van der Waals surface area (Å²) < 4.78 is 7.04. The van der Waals surface area contributed by atoms with Crippen molar-refractivity contribution in [1.29, 1.82) is 0 Å². The first-order valence-corrected chi connectivity index (χ1v) is 13.8. The number of unbranched alkanes of at least 4 members (excludes halogenated alkanes) is 3. The number of nitrogens with one attached hydrogen (secondary N) is 1. The van der Waals surface area contributed by atoms with E-state index in [1.807, 2.05) is 48.1 Å². The number of aromatic nitrogens is 1. The van der Waals surface area contributed by atoms with Gasteiger partial charge in [0.15, 0.2) is 5.78 Å². The highest BCUT2D eigenvalue weighted by molar-refractivity contribution is 6.10. The number of benzene rings is 2. The molecule has 3 aromatic rings. The van der Waals surface area contributed by atoms with Gasteiger partial charge in [0.1, 0.15) is 0 Å². The first-order valence-electron chi connectivity index (χ1n) is 13.8. The molecule has 5 heteroatoms. The molecule has 198 valence electrons. The van der Waals surface area contributed by atoms with Gasteiger partial charge in [-0.1, -0.05) is 69.2 Å². The second-order valence-electron chi connectivity index (χ2n) is 9.91. The number of esters is 1. The summed E-state index contributed by atoms with van der Waals surface area (Å²) in [5.41, 5.74) is 4.86. The van der Waals surface area contributed by atoms with E-state index in [0.29, 0.717) is 31.6 Å². The van der Waals surface area contributed by atoms with Crippen LogP contribution in [-0.4, -0.2) is 29.5 Å². The number of ether oxygens (including phenoxy) is 1. The second kappa shape index (κ2) is 15.0. The van der Waals surface area contributed by atoms with Crippen LogP contribution in [0.1, 0.15) is 92.3 Å². The van der Waals surface area contributed by atoms with E-state index in [1.54, 1.807) is 0 Å². The standard InChI is InChI=1S/C32H42N2O3/c1-4-37-31(35)19-13-21-34-23-29(25(2)3)30(24-34)32(36)27-17-12-18-28(22-27)33-20-11-6-5-8-14-26-15-9-7-10-16-26/h7,9-10,12,15-18,22-25,33H,4-6,8,11,13-14,19-21H2,1-3H3. The van der Waals surface area contributed by atoms with Gasteiger partial charge >= 0.3 is 5.97 Å². The molecule has 5 nitrogen and oxygen atoms in total. The molecule has 0 unspecified atom stereocenters. The van der Waals surface area contributed by atoms with Gasteiger partial charge in [0.25, 0.3) is 0 Å². The molecule has 0 amide bonds. The summed E-state index contributed by atoms with van der Waals surface area (Å²) in [6.07, 6.45) is 10.9. The number of rotatable bonds is 16. The average Bonchev–Trinajstić information content (AvgIpc) is 3.33. The van der Waals surface area contributed by atoms with Crippen molar-refractivity contribution in [1.82, 2.24) is 4.57 Å². The average molecular weight is 503 g/mol. The van der Waals surface area contributed by atoms with E-state index in [4.69, 9.17) is 4.74 Å². The fourth-order valence-electron chi connectivity index (χ4n) is 4.55. The molecule has 0 aliphatic heterocycles. The Labute approximate surface area is 222 Å². The quantitative estimate of drug-likeness (QED) is 0.126. The monoisotopic (exact) mass is 502 g/mol. The summed E-state index contributed by atoms with van der Waals surface area (Å²) in [4.78, 5) is 25.1. The van der Waals surface area contributed by atoms with E-state index in [2.05, 4.69) is 49.5 Å². The SMILES string of the molecule is CCOC(=O)CCCn1cc(C(=O)c2cccc(NCCCCCCc3ccccc3)c2)c(C(C)C)c1. The van der Waals surface area contributed by atoms with Crippen LogP contribution in [-0.2, 0) is 22.5 Å². The highest BCUT2D eigenvalue weighted by Crippen LogP contribution is 2.25. The zero-order valence-electron chi connectivity index (χ0n) is 22.7. The van der Waals surface area contributed by atoms with Crippen LogP contribution in [0.15, 0.2) is 67.0 Å². The fourth-order valence-corrected chi connectivity index (χ4v) is 4.55.